The molecule has 0 N–H and O–H groups in total. The van der Waals surface area contributed by atoms with Crippen molar-refractivity contribution in [1.29, 1.82) is 0 Å². The summed E-state index contributed by atoms with van der Waals surface area (Å²) in [4.78, 5) is 9.80. The largest absolute Gasteiger partial charge is 0.468 e. The zero-order chi connectivity index (χ0) is 7.94. The SMILES string of the molecule is O=COCCC1=CCCCC1. The van der Waals surface area contributed by atoms with Gasteiger partial charge in [0, 0.05) is 6.42 Å². The average molecular weight is 154 g/mol. The van der Waals surface area contributed by atoms with Crippen LogP contribution in [0.3, 0.4) is 0 Å². The molecule has 1 aliphatic rings. The number of carbonyl (C=O) groups excluding carboxylic acids is 1. The number of hydrogen-bond acceptors (Lipinski definition) is 2. The van der Waals surface area contributed by atoms with Gasteiger partial charge in [-0.1, -0.05) is 11.6 Å². The van der Waals surface area contributed by atoms with Crippen molar-refractivity contribution >= 4 is 6.47 Å². The first kappa shape index (κ1) is 8.31. The third-order valence-corrected chi connectivity index (χ3v) is 1.99. The molecule has 0 bridgehead atoms. The molecule has 0 spiro atoms. The van der Waals surface area contributed by atoms with Crippen LogP contribution in [0.2, 0.25) is 0 Å². The van der Waals surface area contributed by atoms with Gasteiger partial charge in [0.25, 0.3) is 6.47 Å². The molecule has 0 aromatic carbocycles. The summed E-state index contributed by atoms with van der Waals surface area (Å²) < 4.78 is 4.61. The molecule has 0 aromatic rings. The van der Waals surface area contributed by atoms with Crippen LogP contribution < -0.4 is 0 Å². The van der Waals surface area contributed by atoms with E-state index >= 15 is 0 Å². The summed E-state index contributed by atoms with van der Waals surface area (Å²) >= 11 is 0. The molecule has 1 aliphatic carbocycles. The average Bonchev–Trinajstić information content (AvgIpc) is 2.07. The molecule has 1 rings (SSSR count). The molecule has 0 radical (unpaired) electrons. The monoisotopic (exact) mass is 154 g/mol. The van der Waals surface area contributed by atoms with Crippen LogP contribution in [0.4, 0.5) is 0 Å². The summed E-state index contributed by atoms with van der Waals surface area (Å²) in [5.41, 5.74) is 1.46. The van der Waals surface area contributed by atoms with Gasteiger partial charge in [0.15, 0.2) is 0 Å². The highest BCUT2D eigenvalue weighted by Gasteiger charge is 2.02. The van der Waals surface area contributed by atoms with Crippen molar-refractivity contribution in [3.05, 3.63) is 11.6 Å². The molecular formula is C9H14O2. The van der Waals surface area contributed by atoms with Gasteiger partial charge in [-0.25, -0.2) is 0 Å². The Morgan fingerprint density at radius 3 is 3.09 bits per heavy atom. The summed E-state index contributed by atoms with van der Waals surface area (Å²) in [6, 6.07) is 0. The highest BCUT2D eigenvalue weighted by molar-refractivity contribution is 5.36. The lowest BCUT2D eigenvalue weighted by Gasteiger charge is -2.11. The number of ether oxygens (including phenoxy) is 1. The van der Waals surface area contributed by atoms with Gasteiger partial charge < -0.3 is 4.74 Å². The Labute approximate surface area is 67.2 Å². The minimum absolute atomic E-state index is 0.517. The number of hydrogen-bond donors (Lipinski definition) is 0. The van der Waals surface area contributed by atoms with Crippen LogP contribution in [0.1, 0.15) is 32.1 Å². The number of allylic oxidation sites excluding steroid dienone is 1. The van der Waals surface area contributed by atoms with Crippen molar-refractivity contribution in [2.75, 3.05) is 6.61 Å². The Kier molecular flexibility index (Phi) is 3.73. The minimum Gasteiger partial charge on any atom is -0.468 e. The normalized spacial score (nSPS) is 17.3. The van der Waals surface area contributed by atoms with E-state index in [2.05, 4.69) is 10.8 Å². The lowest BCUT2D eigenvalue weighted by Crippen LogP contribution is -1.97. The van der Waals surface area contributed by atoms with Crippen LogP contribution >= 0.6 is 0 Å². The fourth-order valence-electron chi connectivity index (χ4n) is 1.37. The van der Waals surface area contributed by atoms with E-state index in [4.69, 9.17) is 0 Å². The van der Waals surface area contributed by atoms with Crippen molar-refractivity contribution in [2.45, 2.75) is 32.1 Å². The van der Waals surface area contributed by atoms with Gasteiger partial charge >= 0.3 is 0 Å². The first-order chi connectivity index (χ1) is 5.43. The standard InChI is InChI=1S/C9H14O2/c10-8-11-7-6-9-4-2-1-3-5-9/h4,8H,1-3,5-7H2. The molecule has 11 heavy (non-hydrogen) atoms. The molecule has 0 aromatic heterocycles. The maximum atomic E-state index is 9.80. The zero-order valence-corrected chi connectivity index (χ0v) is 6.71. The molecule has 0 saturated carbocycles. The fourth-order valence-corrected chi connectivity index (χ4v) is 1.37. The molecule has 62 valence electrons. The topological polar surface area (TPSA) is 26.3 Å². The molecule has 0 heterocycles. The first-order valence-electron chi connectivity index (χ1n) is 4.16. The van der Waals surface area contributed by atoms with E-state index < -0.39 is 0 Å². The minimum atomic E-state index is 0.517. The van der Waals surface area contributed by atoms with E-state index in [9.17, 15) is 4.79 Å². The van der Waals surface area contributed by atoms with E-state index in [1.807, 2.05) is 0 Å². The van der Waals surface area contributed by atoms with Crippen molar-refractivity contribution in [1.82, 2.24) is 0 Å². The Morgan fingerprint density at radius 1 is 1.55 bits per heavy atom. The van der Waals surface area contributed by atoms with Gasteiger partial charge in [-0.05, 0) is 25.7 Å². The van der Waals surface area contributed by atoms with E-state index in [-0.39, 0.29) is 0 Å². The first-order valence-corrected chi connectivity index (χ1v) is 4.16. The van der Waals surface area contributed by atoms with E-state index in [1.165, 1.54) is 31.3 Å². The Bertz CT molecular complexity index is 150. The quantitative estimate of drug-likeness (QED) is 0.352. The highest BCUT2D eigenvalue weighted by Crippen LogP contribution is 2.19. The van der Waals surface area contributed by atoms with Crippen LogP contribution in [0, 0.1) is 0 Å². The lowest BCUT2D eigenvalue weighted by molar-refractivity contribution is -0.128. The predicted octanol–water partition coefficient (Wildman–Crippen LogP) is 2.05. The molecule has 0 fully saturated rings. The Balaban J connectivity index is 2.14. The van der Waals surface area contributed by atoms with Crippen molar-refractivity contribution in [3.8, 4) is 0 Å². The number of rotatable bonds is 4. The van der Waals surface area contributed by atoms with Crippen molar-refractivity contribution in [3.63, 3.8) is 0 Å². The third kappa shape index (κ3) is 3.21. The zero-order valence-electron chi connectivity index (χ0n) is 6.71. The van der Waals surface area contributed by atoms with Gasteiger partial charge in [0.2, 0.25) is 0 Å². The van der Waals surface area contributed by atoms with Crippen LogP contribution in [0.15, 0.2) is 11.6 Å². The molecular weight excluding hydrogens is 140 g/mol. The van der Waals surface area contributed by atoms with Gasteiger partial charge in [-0.2, -0.15) is 0 Å². The molecule has 0 atom stereocenters. The second kappa shape index (κ2) is 4.94. The lowest BCUT2D eigenvalue weighted by atomic mass is 9.98. The van der Waals surface area contributed by atoms with E-state index in [0.717, 1.165) is 6.42 Å². The summed E-state index contributed by atoms with van der Waals surface area (Å²) in [7, 11) is 0. The maximum absolute atomic E-state index is 9.80. The maximum Gasteiger partial charge on any atom is 0.293 e. The van der Waals surface area contributed by atoms with E-state index in [1.54, 1.807) is 0 Å². The summed E-state index contributed by atoms with van der Waals surface area (Å²) in [6.45, 7) is 1.07. The molecule has 2 nitrogen and oxygen atoms in total. The predicted molar refractivity (Wildman–Crippen MR) is 43.2 cm³/mol. The van der Waals surface area contributed by atoms with Gasteiger partial charge in [-0.3, -0.25) is 4.79 Å². The van der Waals surface area contributed by atoms with Crippen LogP contribution in [0.5, 0.6) is 0 Å². The summed E-state index contributed by atoms with van der Waals surface area (Å²) in [6.07, 6.45) is 8.22. The third-order valence-electron chi connectivity index (χ3n) is 1.99. The van der Waals surface area contributed by atoms with Crippen LogP contribution in [-0.4, -0.2) is 13.1 Å². The molecule has 0 aliphatic heterocycles. The van der Waals surface area contributed by atoms with E-state index in [0.29, 0.717) is 13.1 Å². The van der Waals surface area contributed by atoms with Gasteiger partial charge in [0.05, 0.1) is 6.61 Å². The van der Waals surface area contributed by atoms with Gasteiger partial charge in [-0.15, -0.1) is 0 Å². The summed E-state index contributed by atoms with van der Waals surface area (Å²) in [5, 5.41) is 0. The molecule has 2 heteroatoms. The fraction of sp³-hybridized carbons (Fsp3) is 0.667. The van der Waals surface area contributed by atoms with Crippen LogP contribution in [0.25, 0.3) is 0 Å². The van der Waals surface area contributed by atoms with Crippen molar-refractivity contribution < 1.29 is 9.53 Å². The Hall–Kier alpha value is -0.790. The number of carbonyl (C=O) groups is 1. The molecule has 0 unspecified atom stereocenters. The highest BCUT2D eigenvalue weighted by atomic mass is 16.5. The van der Waals surface area contributed by atoms with Crippen LogP contribution in [-0.2, 0) is 9.53 Å². The molecule has 0 saturated heterocycles. The molecule has 0 amide bonds. The second-order valence-electron chi connectivity index (χ2n) is 2.83. The smallest absolute Gasteiger partial charge is 0.293 e. The Morgan fingerprint density at radius 2 is 2.45 bits per heavy atom. The van der Waals surface area contributed by atoms with Crippen molar-refractivity contribution in [2.24, 2.45) is 0 Å². The summed E-state index contributed by atoms with van der Waals surface area (Å²) in [5.74, 6) is 0. The van der Waals surface area contributed by atoms with Gasteiger partial charge in [0.1, 0.15) is 0 Å². The second-order valence-corrected chi connectivity index (χ2v) is 2.83.